The zero-order valence-corrected chi connectivity index (χ0v) is 46.4. The van der Waals surface area contributed by atoms with Crippen molar-refractivity contribution in [3.63, 3.8) is 0 Å². The molecule has 1 aromatic carbocycles. The first-order valence-electron chi connectivity index (χ1n) is 24.1. The molecule has 0 aromatic heterocycles. The molecule has 17 atom stereocenters. The van der Waals surface area contributed by atoms with Crippen molar-refractivity contribution in [2.24, 2.45) is 5.11 Å². The summed E-state index contributed by atoms with van der Waals surface area (Å²) in [7, 11) is 0.847. The number of nitrogens with zero attached hydrogens (tertiary/aromatic N) is 3. The number of nitrogens with one attached hydrogen (secondary N) is 2. The average molecular weight is 1200 g/mol. The lowest BCUT2D eigenvalue weighted by Crippen LogP contribution is -2.72. The quantitative estimate of drug-likeness (QED) is 0.0276. The molecule has 80 heavy (non-hydrogen) atoms. The van der Waals surface area contributed by atoms with E-state index in [1.807, 2.05) is 0 Å². The molecule has 33 heteroatoms. The van der Waals surface area contributed by atoms with Gasteiger partial charge in [-0.2, -0.15) is 0 Å². The first kappa shape index (κ1) is 64.6. The highest BCUT2D eigenvalue weighted by atomic mass is 35.6. The first-order valence-corrected chi connectivity index (χ1v) is 25.2. The van der Waals surface area contributed by atoms with Gasteiger partial charge in [0.25, 0.3) is 9.58 Å². The fraction of sp³-hybridized carbons (Fsp3) is 0.660. The van der Waals surface area contributed by atoms with Gasteiger partial charge in [0.2, 0.25) is 18.1 Å². The fourth-order valence-electron chi connectivity index (χ4n) is 8.96. The molecule has 442 valence electrons. The standard InChI is InChI=1S/C47H58Cl3N5O25/c1-19(56)53-32-28(69-22(4)59)15-46(45(64)65-9,79-38(32)35(71-24(6)61)29(70-23(5)60)16-66-20(2)57)80-39-36(72-25(7)62)30(17-67-21(3)58)75-43(40(39)73-26(8)63)77-37-33(54-55-52)42(78-44(51)47(48,49)50)74-31-18-68-41(76-34(31)37)27-13-11-10-12-14-27/h10-14,28-43,51H,15-18H2,1-9H3,(H,53,56)/t28-,29+,30+,31+,32+,33+,34-,35+,36-,37+,38+,39-,40+,41-,42+,43-,46-/m0/s1. The Morgan fingerprint density at radius 2 is 1.40 bits per heavy atom. The van der Waals surface area contributed by atoms with Gasteiger partial charge in [0, 0.05) is 65.9 Å². The van der Waals surface area contributed by atoms with E-state index in [0.717, 1.165) is 62.5 Å². The monoisotopic (exact) mass is 1200 g/mol. The number of rotatable bonds is 20. The zero-order valence-electron chi connectivity index (χ0n) is 44.1. The smallest absolute Gasteiger partial charge is 0.366 e. The van der Waals surface area contributed by atoms with Crippen molar-refractivity contribution in [2.75, 3.05) is 26.9 Å². The van der Waals surface area contributed by atoms with E-state index in [1.54, 1.807) is 30.3 Å². The molecule has 4 aliphatic heterocycles. The van der Waals surface area contributed by atoms with E-state index in [4.69, 9.17) is 116 Å². The van der Waals surface area contributed by atoms with Crippen molar-refractivity contribution in [2.45, 2.75) is 169 Å². The van der Waals surface area contributed by atoms with Crippen molar-refractivity contribution in [1.82, 2.24) is 5.32 Å². The van der Waals surface area contributed by atoms with E-state index in [0.29, 0.717) is 5.56 Å². The maximum atomic E-state index is 14.8. The van der Waals surface area contributed by atoms with Gasteiger partial charge in [0.1, 0.15) is 62.0 Å². The van der Waals surface area contributed by atoms with E-state index in [9.17, 15) is 48.7 Å². The lowest BCUT2D eigenvalue weighted by molar-refractivity contribution is -0.390. The van der Waals surface area contributed by atoms with Gasteiger partial charge < -0.3 is 81.1 Å². The summed E-state index contributed by atoms with van der Waals surface area (Å²) in [6.07, 6.45) is -26.7. The molecule has 1 aromatic rings. The Labute approximate surface area is 470 Å². The molecule has 30 nitrogen and oxygen atoms in total. The molecule has 1 amide bonds. The Morgan fingerprint density at radius 3 is 1.95 bits per heavy atom. The van der Waals surface area contributed by atoms with Crippen LogP contribution < -0.4 is 5.32 Å². The Bertz CT molecular complexity index is 2500. The number of amides is 1. The van der Waals surface area contributed by atoms with Crippen LogP contribution in [0.4, 0.5) is 0 Å². The minimum atomic E-state index is -3.13. The molecule has 4 saturated heterocycles. The normalized spacial score (nSPS) is 30.8. The molecule has 4 heterocycles. The number of carbonyl (C=O) groups excluding carboxylic acids is 9. The summed E-state index contributed by atoms with van der Waals surface area (Å²) in [5, 5.41) is 14.8. The molecular formula is C47H58Cl3N5O25. The molecule has 0 saturated carbocycles. The third kappa shape index (κ3) is 17.2. The summed E-state index contributed by atoms with van der Waals surface area (Å²) in [5.74, 6) is -13.8. The lowest BCUT2D eigenvalue weighted by Gasteiger charge is -2.53. The number of hydrogen-bond donors (Lipinski definition) is 2. The number of carbonyl (C=O) groups is 9. The Morgan fingerprint density at radius 1 is 0.775 bits per heavy atom. The number of azide groups is 1. The van der Waals surface area contributed by atoms with Gasteiger partial charge in [-0.05, 0) is 5.53 Å². The lowest BCUT2D eigenvalue weighted by atomic mass is 9.87. The maximum absolute atomic E-state index is 14.8. The SMILES string of the molecule is COC(=O)[C@@]1(O[C@H]2[C@@H](OC(C)=O)[C@@H](COC(C)=O)O[C@@H](O[C@@H]3[C@@H](N=[N+]=[N-])[C@@H](OC(=N)C(Cl)(Cl)Cl)O[C@@H]4CO[C@H](c5ccccc5)O[C@H]34)[C@@H]2OC(C)=O)C[C@H](OC(C)=O)[C@@H](NC(C)=O)[C@H]([C@H](OC(C)=O)[C@@H](COC(C)=O)OC(C)=O)O1. The highest BCUT2D eigenvalue weighted by molar-refractivity contribution is 6.76. The number of halogens is 3. The minimum absolute atomic E-state index is 0.321. The first-order chi connectivity index (χ1) is 37.6. The van der Waals surface area contributed by atoms with Crippen LogP contribution in [0, 0.1) is 5.41 Å². The van der Waals surface area contributed by atoms with Crippen molar-refractivity contribution >= 4 is 94.4 Å². The highest BCUT2D eigenvalue weighted by Crippen LogP contribution is 2.44. The van der Waals surface area contributed by atoms with Crippen molar-refractivity contribution in [1.29, 1.82) is 5.41 Å². The van der Waals surface area contributed by atoms with E-state index in [2.05, 4.69) is 15.3 Å². The van der Waals surface area contributed by atoms with Gasteiger partial charge in [-0.3, -0.25) is 43.8 Å². The van der Waals surface area contributed by atoms with E-state index >= 15 is 0 Å². The topological polar surface area (TPSA) is 386 Å². The summed E-state index contributed by atoms with van der Waals surface area (Å²) >= 11 is 18.0. The van der Waals surface area contributed by atoms with Crippen LogP contribution in [0.3, 0.4) is 0 Å². The van der Waals surface area contributed by atoms with Crippen molar-refractivity contribution in [3.05, 3.63) is 46.3 Å². The van der Waals surface area contributed by atoms with E-state index < -0.39 is 187 Å². The second kappa shape index (κ2) is 28.5. The molecule has 4 fully saturated rings. The highest BCUT2D eigenvalue weighted by Gasteiger charge is 2.64. The fourth-order valence-corrected chi connectivity index (χ4v) is 9.09. The van der Waals surface area contributed by atoms with Gasteiger partial charge in [0.15, 0.2) is 37.0 Å². The van der Waals surface area contributed by atoms with Crippen LogP contribution in [0.15, 0.2) is 35.4 Å². The van der Waals surface area contributed by atoms with Gasteiger partial charge in [-0.1, -0.05) is 70.2 Å². The Balaban J connectivity index is 1.79. The van der Waals surface area contributed by atoms with Gasteiger partial charge >= 0.3 is 47.8 Å². The number of benzene rings is 1. The van der Waals surface area contributed by atoms with Crippen LogP contribution >= 0.6 is 34.8 Å². The molecule has 0 spiro atoms. The van der Waals surface area contributed by atoms with Crippen LogP contribution in [0.25, 0.3) is 10.4 Å². The summed E-state index contributed by atoms with van der Waals surface area (Å²) in [5.41, 5.74) is 10.5. The molecule has 4 aliphatic rings. The van der Waals surface area contributed by atoms with Crippen LogP contribution in [0.5, 0.6) is 0 Å². The summed E-state index contributed by atoms with van der Waals surface area (Å²) in [6.45, 7) is 5.62. The predicted octanol–water partition coefficient (Wildman–Crippen LogP) is 2.31. The largest absolute Gasteiger partial charge is 0.465 e. The van der Waals surface area contributed by atoms with Gasteiger partial charge in [-0.25, -0.2) is 4.79 Å². The van der Waals surface area contributed by atoms with E-state index in [1.165, 1.54) is 0 Å². The molecule has 0 aliphatic carbocycles. The number of ether oxygens (including phenoxy) is 16. The number of alkyl halides is 3. The molecule has 0 bridgehead atoms. The van der Waals surface area contributed by atoms with Gasteiger partial charge in [-0.15, -0.1) is 0 Å². The van der Waals surface area contributed by atoms with Gasteiger partial charge in [0.05, 0.1) is 26.2 Å². The molecule has 2 N–H and O–H groups in total. The molecule has 0 unspecified atom stereocenters. The molecule has 5 rings (SSSR count). The predicted molar refractivity (Wildman–Crippen MR) is 262 cm³/mol. The molecular weight excluding hydrogens is 1140 g/mol. The second-order valence-corrected chi connectivity index (χ2v) is 20.2. The third-order valence-electron chi connectivity index (χ3n) is 11.8. The number of fused-ring (bicyclic) bond motifs is 1. The summed E-state index contributed by atoms with van der Waals surface area (Å²) < 4.78 is 92.1. The summed E-state index contributed by atoms with van der Waals surface area (Å²) in [6, 6.07) is 4.90. The number of esters is 8. The van der Waals surface area contributed by atoms with Crippen molar-refractivity contribution < 1.29 is 119 Å². The van der Waals surface area contributed by atoms with Crippen LogP contribution in [0.1, 0.15) is 73.7 Å². The summed E-state index contributed by atoms with van der Waals surface area (Å²) in [4.78, 5) is 121. The van der Waals surface area contributed by atoms with E-state index in [-0.39, 0.29) is 6.61 Å². The number of methoxy groups -OCH3 is 1. The zero-order chi connectivity index (χ0) is 59.4. The minimum Gasteiger partial charge on any atom is -0.465 e. The second-order valence-electron chi connectivity index (χ2n) is 18.0. The molecule has 0 radical (unpaired) electrons. The Hall–Kier alpha value is -6.18. The maximum Gasteiger partial charge on any atom is 0.366 e. The number of hydrogen-bond acceptors (Lipinski definition) is 27. The van der Waals surface area contributed by atoms with Crippen LogP contribution in [-0.4, -0.2) is 188 Å². The Kier molecular flexibility index (Phi) is 23.0. The van der Waals surface area contributed by atoms with Crippen LogP contribution in [0.2, 0.25) is 0 Å². The van der Waals surface area contributed by atoms with Crippen LogP contribution in [-0.2, 0) is 119 Å². The third-order valence-corrected chi connectivity index (χ3v) is 12.3. The van der Waals surface area contributed by atoms with Crippen molar-refractivity contribution in [3.8, 4) is 0 Å². The average Bonchev–Trinajstić information content (AvgIpc) is 3.36.